The second kappa shape index (κ2) is 7.41. The van der Waals surface area contributed by atoms with Crippen molar-refractivity contribution < 1.29 is 9.22 Å². The van der Waals surface area contributed by atoms with Crippen LogP contribution >= 0.6 is 0 Å². The van der Waals surface area contributed by atoms with Gasteiger partial charge in [0.1, 0.15) is 5.78 Å². The monoisotopic (exact) mass is 312 g/mol. The minimum absolute atomic E-state index is 0.0481. The van der Waals surface area contributed by atoms with Crippen LogP contribution in [0.1, 0.15) is 79.1 Å². The van der Waals surface area contributed by atoms with Gasteiger partial charge in [-0.1, -0.05) is 47.0 Å². The van der Waals surface area contributed by atoms with Crippen LogP contribution in [-0.4, -0.2) is 20.7 Å². The van der Waals surface area contributed by atoms with Gasteiger partial charge in [-0.3, -0.25) is 4.79 Å². The summed E-state index contributed by atoms with van der Waals surface area (Å²) in [4.78, 5) is 12.3. The van der Waals surface area contributed by atoms with Crippen molar-refractivity contribution in [1.82, 2.24) is 0 Å². The van der Waals surface area contributed by atoms with E-state index in [1.54, 1.807) is 0 Å². The Labute approximate surface area is 133 Å². The molecule has 0 heterocycles. The first kappa shape index (κ1) is 18.9. The van der Waals surface area contributed by atoms with E-state index in [1.807, 2.05) is 0 Å². The Bertz CT molecular complexity index is 344. The van der Waals surface area contributed by atoms with Gasteiger partial charge in [0.05, 0.1) is 0 Å². The van der Waals surface area contributed by atoms with Crippen LogP contribution in [0.25, 0.3) is 0 Å². The molecule has 1 rings (SSSR count). The summed E-state index contributed by atoms with van der Waals surface area (Å²) in [5, 5.41) is 0.288. The van der Waals surface area contributed by atoms with E-state index < -0.39 is 8.32 Å². The first-order chi connectivity index (χ1) is 9.58. The second-order valence-electron chi connectivity index (χ2n) is 8.61. The second-order valence-corrected chi connectivity index (χ2v) is 13.4. The van der Waals surface area contributed by atoms with Gasteiger partial charge in [0.25, 0.3) is 0 Å². The zero-order valence-electron chi connectivity index (χ0n) is 15.2. The Balaban J connectivity index is 2.32. The van der Waals surface area contributed by atoms with Gasteiger partial charge in [0.2, 0.25) is 0 Å². The third kappa shape index (κ3) is 5.52. The van der Waals surface area contributed by atoms with Gasteiger partial charge in [0, 0.05) is 18.4 Å². The zero-order valence-corrected chi connectivity index (χ0v) is 16.2. The Hall–Kier alpha value is -0.153. The Kier molecular flexibility index (Phi) is 6.67. The predicted molar refractivity (Wildman–Crippen MR) is 93.2 cm³/mol. The molecule has 0 N–H and O–H groups in total. The van der Waals surface area contributed by atoms with Crippen LogP contribution in [0.4, 0.5) is 0 Å². The van der Waals surface area contributed by atoms with E-state index in [0.29, 0.717) is 5.78 Å². The molecule has 3 heteroatoms. The van der Waals surface area contributed by atoms with Gasteiger partial charge in [-0.2, -0.15) is 0 Å². The highest BCUT2D eigenvalue weighted by Crippen LogP contribution is 2.38. The number of carbonyl (C=O) groups is 1. The molecule has 124 valence electrons. The average Bonchev–Trinajstić information content (AvgIpc) is 2.51. The van der Waals surface area contributed by atoms with Crippen molar-refractivity contribution in [2.75, 3.05) is 6.61 Å². The van der Waals surface area contributed by atoms with Crippen LogP contribution in [0.2, 0.25) is 18.1 Å². The fourth-order valence-electron chi connectivity index (χ4n) is 2.84. The highest BCUT2D eigenvalue weighted by molar-refractivity contribution is 6.74. The maximum absolute atomic E-state index is 12.3. The minimum atomic E-state index is -1.60. The van der Waals surface area contributed by atoms with Crippen molar-refractivity contribution in [3.63, 3.8) is 0 Å². The molecule has 0 saturated heterocycles. The van der Waals surface area contributed by atoms with E-state index in [-0.39, 0.29) is 10.5 Å². The van der Waals surface area contributed by atoms with Crippen molar-refractivity contribution in [3.05, 3.63) is 0 Å². The number of Topliss-reactive ketones (excluding diaryl/α,β-unsaturated/α-hetero) is 1. The SMILES string of the molecule is CC1(CCCCO[Si](C)(C)C(C)(C)C)CCCCCC1=O. The standard InChI is InChI=1S/C18H36O2Si/c1-17(2,3)21(5,6)20-15-11-10-14-18(4)13-9-7-8-12-16(18)19/h7-15H2,1-6H3. The summed E-state index contributed by atoms with van der Waals surface area (Å²) < 4.78 is 6.22. The van der Waals surface area contributed by atoms with Crippen LogP contribution in [0.3, 0.4) is 0 Å². The van der Waals surface area contributed by atoms with Crippen molar-refractivity contribution in [3.8, 4) is 0 Å². The molecule has 1 unspecified atom stereocenters. The van der Waals surface area contributed by atoms with Crippen molar-refractivity contribution in [2.24, 2.45) is 5.41 Å². The van der Waals surface area contributed by atoms with Crippen LogP contribution in [-0.2, 0) is 9.22 Å². The lowest BCUT2D eigenvalue weighted by Crippen LogP contribution is -2.41. The summed E-state index contributed by atoms with van der Waals surface area (Å²) >= 11 is 0. The molecular weight excluding hydrogens is 276 g/mol. The lowest BCUT2D eigenvalue weighted by Gasteiger charge is -2.36. The molecule has 2 nitrogen and oxygen atoms in total. The average molecular weight is 313 g/mol. The van der Waals surface area contributed by atoms with Gasteiger partial charge < -0.3 is 4.43 Å². The molecule has 1 saturated carbocycles. The summed E-state index contributed by atoms with van der Waals surface area (Å²) in [6.07, 6.45) is 8.71. The van der Waals surface area contributed by atoms with E-state index >= 15 is 0 Å². The maximum Gasteiger partial charge on any atom is 0.191 e. The summed E-state index contributed by atoms with van der Waals surface area (Å²) in [6.45, 7) is 14.5. The topological polar surface area (TPSA) is 26.3 Å². The molecule has 1 aliphatic rings. The van der Waals surface area contributed by atoms with Gasteiger partial charge >= 0.3 is 0 Å². The van der Waals surface area contributed by atoms with Crippen LogP contribution in [0, 0.1) is 5.41 Å². The number of carbonyl (C=O) groups excluding carboxylic acids is 1. The Morgan fingerprint density at radius 3 is 2.43 bits per heavy atom. The first-order valence-electron chi connectivity index (χ1n) is 8.76. The molecule has 0 aromatic carbocycles. The van der Waals surface area contributed by atoms with Gasteiger partial charge in [-0.15, -0.1) is 0 Å². The number of hydrogen-bond donors (Lipinski definition) is 0. The molecule has 0 aliphatic heterocycles. The zero-order chi connectivity index (χ0) is 16.1. The van der Waals surface area contributed by atoms with Crippen LogP contribution < -0.4 is 0 Å². The van der Waals surface area contributed by atoms with Crippen molar-refractivity contribution in [2.45, 2.75) is 97.2 Å². The van der Waals surface area contributed by atoms with Crippen molar-refractivity contribution in [1.29, 1.82) is 0 Å². The fourth-order valence-corrected chi connectivity index (χ4v) is 3.93. The number of unbranched alkanes of at least 4 members (excludes halogenated alkanes) is 1. The summed E-state index contributed by atoms with van der Waals surface area (Å²) in [6, 6.07) is 0. The molecule has 0 radical (unpaired) electrons. The van der Waals surface area contributed by atoms with E-state index in [2.05, 4.69) is 40.8 Å². The predicted octanol–water partition coefficient (Wildman–Crippen LogP) is 5.72. The summed E-state index contributed by atoms with van der Waals surface area (Å²) in [7, 11) is -1.60. The molecular formula is C18H36O2Si. The van der Waals surface area contributed by atoms with E-state index in [4.69, 9.17) is 4.43 Å². The molecule has 0 bridgehead atoms. The third-order valence-electron chi connectivity index (χ3n) is 5.70. The number of rotatable bonds is 6. The largest absolute Gasteiger partial charge is 0.417 e. The molecule has 1 fully saturated rings. The Morgan fingerprint density at radius 2 is 1.81 bits per heavy atom. The number of hydrogen-bond acceptors (Lipinski definition) is 2. The fraction of sp³-hybridized carbons (Fsp3) is 0.944. The number of ketones is 1. The van der Waals surface area contributed by atoms with Crippen LogP contribution in [0.15, 0.2) is 0 Å². The molecule has 0 spiro atoms. The quantitative estimate of drug-likeness (QED) is 0.356. The normalized spacial score (nSPS) is 25.0. The van der Waals surface area contributed by atoms with E-state index in [9.17, 15) is 4.79 Å². The molecule has 1 aliphatic carbocycles. The molecule has 0 aromatic heterocycles. The molecule has 0 amide bonds. The third-order valence-corrected chi connectivity index (χ3v) is 10.2. The minimum Gasteiger partial charge on any atom is -0.417 e. The first-order valence-corrected chi connectivity index (χ1v) is 11.7. The maximum atomic E-state index is 12.3. The molecule has 21 heavy (non-hydrogen) atoms. The van der Waals surface area contributed by atoms with Gasteiger partial charge in [-0.25, -0.2) is 0 Å². The van der Waals surface area contributed by atoms with E-state index in [1.165, 1.54) is 12.8 Å². The molecule has 0 aromatic rings. The Morgan fingerprint density at radius 1 is 1.14 bits per heavy atom. The lowest BCUT2D eigenvalue weighted by atomic mass is 9.77. The molecule has 1 atom stereocenters. The van der Waals surface area contributed by atoms with E-state index in [0.717, 1.165) is 45.1 Å². The van der Waals surface area contributed by atoms with Crippen molar-refractivity contribution >= 4 is 14.1 Å². The summed E-state index contributed by atoms with van der Waals surface area (Å²) in [5.74, 6) is 0.505. The lowest BCUT2D eigenvalue weighted by molar-refractivity contribution is -0.128. The smallest absolute Gasteiger partial charge is 0.191 e. The highest BCUT2D eigenvalue weighted by atomic mass is 28.4. The highest BCUT2D eigenvalue weighted by Gasteiger charge is 2.37. The van der Waals surface area contributed by atoms with Gasteiger partial charge in [0.15, 0.2) is 8.32 Å². The summed E-state index contributed by atoms with van der Waals surface area (Å²) in [5.41, 5.74) is -0.0481. The van der Waals surface area contributed by atoms with Crippen LogP contribution in [0.5, 0.6) is 0 Å². The van der Waals surface area contributed by atoms with Gasteiger partial charge in [-0.05, 0) is 43.8 Å².